The van der Waals surface area contributed by atoms with Gasteiger partial charge in [-0.25, -0.2) is 5.10 Å². The number of nitrogens with one attached hydrogen (secondary N) is 1. The van der Waals surface area contributed by atoms with Crippen LogP contribution < -0.4 is 5.56 Å². The zero-order valence-corrected chi connectivity index (χ0v) is 12.7. The summed E-state index contributed by atoms with van der Waals surface area (Å²) in [5.74, 6) is 0.299. The Balaban J connectivity index is 2.43. The summed E-state index contributed by atoms with van der Waals surface area (Å²) in [6.07, 6.45) is 1.02. The lowest BCUT2D eigenvalue weighted by Gasteiger charge is -2.24. The van der Waals surface area contributed by atoms with Gasteiger partial charge in [0.2, 0.25) is 0 Å². The van der Waals surface area contributed by atoms with E-state index in [0.717, 1.165) is 6.42 Å². The van der Waals surface area contributed by atoms with Crippen molar-refractivity contribution in [2.45, 2.75) is 27.2 Å². The highest BCUT2D eigenvalue weighted by Gasteiger charge is 2.20. The Hall–Kier alpha value is -2.17. The molecule has 0 fully saturated rings. The van der Waals surface area contributed by atoms with Crippen molar-refractivity contribution < 1.29 is 4.79 Å². The van der Waals surface area contributed by atoms with Gasteiger partial charge in [-0.15, -0.1) is 0 Å². The lowest BCUT2D eigenvalue weighted by Crippen LogP contribution is -2.35. The standard InChI is InChI=1S/C16H21N3O2/c1-4-11(3)10-19(5-2)16(21)14-12-8-6-7-9-13(12)15(20)18-17-14/h6-9,11H,4-5,10H2,1-3H3,(H,18,20). The van der Waals surface area contributed by atoms with E-state index < -0.39 is 0 Å². The molecule has 2 aromatic rings. The molecule has 5 heteroatoms. The topological polar surface area (TPSA) is 66.1 Å². The van der Waals surface area contributed by atoms with Crippen LogP contribution in [0.15, 0.2) is 29.1 Å². The first kappa shape index (κ1) is 15.2. The smallest absolute Gasteiger partial charge is 0.274 e. The van der Waals surface area contributed by atoms with Crippen LogP contribution in [-0.2, 0) is 0 Å². The highest BCUT2D eigenvalue weighted by atomic mass is 16.2. The number of aromatic amines is 1. The molecule has 1 amide bonds. The summed E-state index contributed by atoms with van der Waals surface area (Å²) in [6, 6.07) is 7.06. The van der Waals surface area contributed by atoms with Crippen LogP contribution in [0.1, 0.15) is 37.7 Å². The average Bonchev–Trinajstić information content (AvgIpc) is 2.52. The number of carbonyl (C=O) groups is 1. The Morgan fingerprint density at radius 3 is 2.57 bits per heavy atom. The first-order valence-corrected chi connectivity index (χ1v) is 7.35. The van der Waals surface area contributed by atoms with E-state index in [-0.39, 0.29) is 11.5 Å². The number of hydrogen-bond acceptors (Lipinski definition) is 3. The van der Waals surface area contributed by atoms with Crippen molar-refractivity contribution >= 4 is 16.7 Å². The van der Waals surface area contributed by atoms with Crippen LogP contribution in [0.25, 0.3) is 10.8 Å². The molecule has 0 aliphatic rings. The van der Waals surface area contributed by atoms with Crippen molar-refractivity contribution in [3.05, 3.63) is 40.3 Å². The van der Waals surface area contributed by atoms with Crippen molar-refractivity contribution in [3.63, 3.8) is 0 Å². The van der Waals surface area contributed by atoms with Crippen molar-refractivity contribution in [1.29, 1.82) is 0 Å². The summed E-state index contributed by atoms with van der Waals surface area (Å²) in [4.78, 5) is 26.2. The van der Waals surface area contributed by atoms with Gasteiger partial charge in [-0.1, -0.05) is 38.5 Å². The maximum atomic E-state index is 12.7. The van der Waals surface area contributed by atoms with Gasteiger partial charge >= 0.3 is 0 Å². The largest absolute Gasteiger partial charge is 0.337 e. The Morgan fingerprint density at radius 1 is 1.29 bits per heavy atom. The molecule has 21 heavy (non-hydrogen) atoms. The van der Waals surface area contributed by atoms with Gasteiger partial charge in [-0.05, 0) is 18.9 Å². The van der Waals surface area contributed by atoms with Crippen LogP contribution in [-0.4, -0.2) is 34.1 Å². The minimum absolute atomic E-state index is 0.134. The molecule has 0 aliphatic carbocycles. The summed E-state index contributed by atoms with van der Waals surface area (Å²) in [5, 5.41) is 7.50. The van der Waals surface area contributed by atoms with Gasteiger partial charge in [0.1, 0.15) is 0 Å². The van der Waals surface area contributed by atoms with Gasteiger partial charge in [0.15, 0.2) is 5.69 Å². The van der Waals surface area contributed by atoms with Crippen LogP contribution >= 0.6 is 0 Å². The first-order valence-electron chi connectivity index (χ1n) is 7.35. The van der Waals surface area contributed by atoms with E-state index in [0.29, 0.717) is 35.5 Å². The third kappa shape index (κ3) is 3.12. The molecular weight excluding hydrogens is 266 g/mol. The fourth-order valence-corrected chi connectivity index (χ4v) is 2.29. The van der Waals surface area contributed by atoms with Gasteiger partial charge in [0.05, 0.1) is 5.39 Å². The predicted molar refractivity (Wildman–Crippen MR) is 83.4 cm³/mol. The molecule has 5 nitrogen and oxygen atoms in total. The predicted octanol–water partition coefficient (Wildman–Crippen LogP) is 2.43. The normalized spacial score (nSPS) is 12.3. The second kappa shape index (κ2) is 6.52. The summed E-state index contributed by atoms with van der Waals surface area (Å²) < 4.78 is 0. The molecule has 1 N–H and O–H groups in total. The third-order valence-corrected chi connectivity index (χ3v) is 3.80. The Bertz CT molecular complexity index is 693. The molecular formula is C16H21N3O2. The molecule has 2 rings (SSSR count). The van der Waals surface area contributed by atoms with Crippen LogP contribution in [0.5, 0.6) is 0 Å². The van der Waals surface area contributed by atoms with Gasteiger partial charge in [0.25, 0.3) is 11.5 Å². The number of nitrogens with zero attached hydrogens (tertiary/aromatic N) is 2. The Kier molecular flexibility index (Phi) is 4.73. The monoisotopic (exact) mass is 287 g/mol. The zero-order chi connectivity index (χ0) is 15.4. The molecule has 0 saturated carbocycles. The summed E-state index contributed by atoms with van der Waals surface area (Å²) in [5.41, 5.74) is 0.0440. The van der Waals surface area contributed by atoms with E-state index in [2.05, 4.69) is 24.0 Å². The molecule has 0 saturated heterocycles. The fraction of sp³-hybridized carbons (Fsp3) is 0.438. The highest BCUT2D eigenvalue weighted by Crippen LogP contribution is 2.15. The third-order valence-electron chi connectivity index (χ3n) is 3.80. The SMILES string of the molecule is CCC(C)CN(CC)C(=O)c1n[nH]c(=O)c2ccccc12. The van der Waals surface area contributed by atoms with Crippen LogP contribution in [0, 0.1) is 5.92 Å². The van der Waals surface area contributed by atoms with Crippen LogP contribution in [0.3, 0.4) is 0 Å². The number of benzene rings is 1. The molecule has 1 aromatic heterocycles. The highest BCUT2D eigenvalue weighted by molar-refractivity contribution is 6.04. The molecule has 0 spiro atoms. The van der Waals surface area contributed by atoms with Gasteiger partial charge < -0.3 is 4.90 Å². The van der Waals surface area contributed by atoms with Gasteiger partial charge in [0, 0.05) is 18.5 Å². The molecule has 1 aromatic carbocycles. The van der Waals surface area contributed by atoms with Crippen molar-refractivity contribution in [1.82, 2.24) is 15.1 Å². The second-order valence-electron chi connectivity index (χ2n) is 5.30. The average molecular weight is 287 g/mol. The minimum Gasteiger partial charge on any atom is -0.337 e. The molecule has 0 aliphatic heterocycles. The molecule has 1 heterocycles. The number of aromatic nitrogens is 2. The number of hydrogen-bond donors (Lipinski definition) is 1. The van der Waals surface area contributed by atoms with Gasteiger partial charge in [-0.2, -0.15) is 5.10 Å². The number of amides is 1. The van der Waals surface area contributed by atoms with E-state index in [1.165, 1.54) is 0 Å². The van der Waals surface area contributed by atoms with E-state index in [1.807, 2.05) is 13.0 Å². The molecule has 1 atom stereocenters. The fourth-order valence-electron chi connectivity index (χ4n) is 2.29. The van der Waals surface area contributed by atoms with Crippen LogP contribution in [0.2, 0.25) is 0 Å². The minimum atomic E-state index is -0.271. The van der Waals surface area contributed by atoms with E-state index in [1.54, 1.807) is 23.1 Å². The second-order valence-corrected chi connectivity index (χ2v) is 5.30. The number of rotatable bonds is 5. The van der Waals surface area contributed by atoms with E-state index >= 15 is 0 Å². The summed E-state index contributed by atoms with van der Waals surface area (Å²) in [6.45, 7) is 7.50. The van der Waals surface area contributed by atoms with E-state index in [4.69, 9.17) is 0 Å². The molecule has 0 radical (unpaired) electrons. The Labute approximate surface area is 124 Å². The maximum Gasteiger partial charge on any atom is 0.274 e. The quantitative estimate of drug-likeness (QED) is 0.918. The van der Waals surface area contributed by atoms with Crippen LogP contribution in [0.4, 0.5) is 0 Å². The van der Waals surface area contributed by atoms with Gasteiger partial charge in [-0.3, -0.25) is 9.59 Å². The lowest BCUT2D eigenvalue weighted by atomic mass is 10.1. The molecule has 112 valence electrons. The molecule has 0 bridgehead atoms. The zero-order valence-electron chi connectivity index (χ0n) is 12.7. The van der Waals surface area contributed by atoms with Crippen molar-refractivity contribution in [2.24, 2.45) is 5.92 Å². The first-order chi connectivity index (χ1) is 10.1. The summed E-state index contributed by atoms with van der Waals surface area (Å²) >= 11 is 0. The lowest BCUT2D eigenvalue weighted by molar-refractivity contribution is 0.0736. The number of fused-ring (bicyclic) bond motifs is 1. The molecule has 1 unspecified atom stereocenters. The van der Waals surface area contributed by atoms with Crippen molar-refractivity contribution in [3.8, 4) is 0 Å². The van der Waals surface area contributed by atoms with E-state index in [9.17, 15) is 9.59 Å². The maximum absolute atomic E-state index is 12.7. The number of carbonyl (C=O) groups excluding carboxylic acids is 1. The van der Waals surface area contributed by atoms with Crippen molar-refractivity contribution in [2.75, 3.05) is 13.1 Å². The Morgan fingerprint density at radius 2 is 1.95 bits per heavy atom. The number of H-pyrrole nitrogens is 1. The summed E-state index contributed by atoms with van der Waals surface area (Å²) in [7, 11) is 0.